The van der Waals surface area contributed by atoms with Crippen LogP contribution >= 0.6 is 0 Å². The van der Waals surface area contributed by atoms with Gasteiger partial charge in [0.15, 0.2) is 0 Å². The molecule has 3 aromatic rings. The molecule has 1 N–H and O–H groups in total. The Morgan fingerprint density at radius 2 is 2.04 bits per heavy atom. The minimum Gasteiger partial charge on any atom is -0.377 e. The fourth-order valence-electron chi connectivity index (χ4n) is 3.09. The molecule has 0 spiro atoms. The Morgan fingerprint density at radius 3 is 2.96 bits per heavy atom. The molecule has 1 aliphatic heterocycles. The Kier molecular flexibility index (Phi) is 3.74. The van der Waals surface area contributed by atoms with Crippen LogP contribution in [0.3, 0.4) is 0 Å². The molecule has 3 heterocycles. The maximum absolute atomic E-state index is 12.2. The van der Waals surface area contributed by atoms with Crippen molar-refractivity contribution in [2.45, 2.75) is 19.0 Å². The SMILES string of the molecule is Cc1ccc(=O)n(C2COCC2Nc2nccc3ccccc23)n1. The molecule has 2 atom stereocenters. The van der Waals surface area contributed by atoms with Gasteiger partial charge in [0.2, 0.25) is 0 Å². The van der Waals surface area contributed by atoms with E-state index >= 15 is 0 Å². The van der Waals surface area contributed by atoms with Gasteiger partial charge in [0.05, 0.1) is 24.9 Å². The van der Waals surface area contributed by atoms with Crippen molar-refractivity contribution in [2.75, 3.05) is 18.5 Å². The van der Waals surface area contributed by atoms with Gasteiger partial charge in [0.25, 0.3) is 5.56 Å². The third kappa shape index (κ3) is 2.65. The topological polar surface area (TPSA) is 69.0 Å². The molecule has 6 heteroatoms. The van der Waals surface area contributed by atoms with Crippen molar-refractivity contribution in [3.63, 3.8) is 0 Å². The highest BCUT2D eigenvalue weighted by molar-refractivity contribution is 5.91. The first-order valence-corrected chi connectivity index (χ1v) is 7.97. The third-order valence-corrected chi connectivity index (χ3v) is 4.32. The van der Waals surface area contributed by atoms with Crippen LogP contribution < -0.4 is 10.9 Å². The molecule has 0 saturated carbocycles. The molecule has 1 fully saturated rings. The lowest BCUT2D eigenvalue weighted by molar-refractivity contribution is 0.182. The van der Waals surface area contributed by atoms with Crippen molar-refractivity contribution in [3.05, 3.63) is 64.7 Å². The average molecular weight is 322 g/mol. The summed E-state index contributed by atoms with van der Waals surface area (Å²) in [7, 11) is 0. The molecule has 0 amide bonds. The van der Waals surface area contributed by atoms with E-state index in [1.165, 1.54) is 4.68 Å². The number of pyridine rings is 1. The number of benzene rings is 1. The van der Waals surface area contributed by atoms with E-state index < -0.39 is 0 Å². The molecule has 6 nitrogen and oxygen atoms in total. The summed E-state index contributed by atoms with van der Waals surface area (Å²) in [4.78, 5) is 16.6. The van der Waals surface area contributed by atoms with Crippen LogP contribution in [0.25, 0.3) is 10.8 Å². The average Bonchev–Trinajstić information content (AvgIpc) is 3.05. The predicted molar refractivity (Wildman–Crippen MR) is 92.2 cm³/mol. The monoisotopic (exact) mass is 322 g/mol. The van der Waals surface area contributed by atoms with E-state index in [0.29, 0.717) is 13.2 Å². The van der Waals surface area contributed by atoms with Crippen LogP contribution in [0.2, 0.25) is 0 Å². The molecule has 0 radical (unpaired) electrons. The van der Waals surface area contributed by atoms with Gasteiger partial charge in [-0.05, 0) is 24.4 Å². The summed E-state index contributed by atoms with van der Waals surface area (Å²) < 4.78 is 7.13. The van der Waals surface area contributed by atoms with E-state index in [2.05, 4.69) is 21.5 Å². The summed E-state index contributed by atoms with van der Waals surface area (Å²) in [6, 6.07) is 13.1. The van der Waals surface area contributed by atoms with Crippen molar-refractivity contribution >= 4 is 16.6 Å². The number of ether oxygens (including phenoxy) is 1. The molecule has 1 aromatic carbocycles. The minimum atomic E-state index is -0.154. The Bertz CT molecular complexity index is 932. The normalized spacial score (nSPS) is 20.4. The highest BCUT2D eigenvalue weighted by Crippen LogP contribution is 2.25. The summed E-state index contributed by atoms with van der Waals surface area (Å²) in [5, 5.41) is 9.99. The van der Waals surface area contributed by atoms with Gasteiger partial charge in [-0.3, -0.25) is 4.79 Å². The van der Waals surface area contributed by atoms with Crippen LogP contribution in [-0.4, -0.2) is 34.0 Å². The predicted octanol–water partition coefficient (Wildman–Crippen LogP) is 2.15. The maximum Gasteiger partial charge on any atom is 0.267 e. The van der Waals surface area contributed by atoms with Gasteiger partial charge in [-0.25, -0.2) is 9.67 Å². The fourth-order valence-corrected chi connectivity index (χ4v) is 3.09. The van der Waals surface area contributed by atoms with E-state index in [1.54, 1.807) is 18.3 Å². The first kappa shape index (κ1) is 14.8. The van der Waals surface area contributed by atoms with E-state index in [-0.39, 0.29) is 17.6 Å². The number of hydrogen-bond donors (Lipinski definition) is 1. The lowest BCUT2D eigenvalue weighted by atomic mass is 10.1. The van der Waals surface area contributed by atoms with E-state index in [0.717, 1.165) is 22.3 Å². The molecule has 4 rings (SSSR count). The number of anilines is 1. The van der Waals surface area contributed by atoms with Gasteiger partial charge < -0.3 is 10.1 Å². The number of nitrogens with one attached hydrogen (secondary N) is 1. The molecule has 2 aromatic heterocycles. The second-order valence-electron chi connectivity index (χ2n) is 5.99. The molecule has 1 aliphatic rings. The molecule has 0 bridgehead atoms. The number of rotatable bonds is 3. The molecule has 0 aliphatic carbocycles. The second-order valence-corrected chi connectivity index (χ2v) is 5.99. The molecule has 24 heavy (non-hydrogen) atoms. The minimum absolute atomic E-state index is 0.0599. The lowest BCUT2D eigenvalue weighted by Crippen LogP contribution is -2.37. The number of aryl methyl sites for hydroxylation is 1. The summed E-state index contributed by atoms with van der Waals surface area (Å²) in [6.07, 6.45) is 1.78. The first-order chi connectivity index (χ1) is 11.7. The van der Waals surface area contributed by atoms with Crippen LogP contribution in [0.1, 0.15) is 11.7 Å². The Labute approximate surface area is 139 Å². The van der Waals surface area contributed by atoms with Crippen molar-refractivity contribution < 1.29 is 4.74 Å². The summed E-state index contributed by atoms with van der Waals surface area (Å²) >= 11 is 0. The smallest absolute Gasteiger partial charge is 0.267 e. The van der Waals surface area contributed by atoms with Crippen molar-refractivity contribution in [1.82, 2.24) is 14.8 Å². The fraction of sp³-hybridized carbons (Fsp3) is 0.278. The number of aromatic nitrogens is 3. The zero-order chi connectivity index (χ0) is 16.5. The quantitative estimate of drug-likeness (QED) is 0.800. The van der Waals surface area contributed by atoms with Gasteiger partial charge in [-0.1, -0.05) is 24.3 Å². The largest absolute Gasteiger partial charge is 0.377 e. The molecule has 1 saturated heterocycles. The van der Waals surface area contributed by atoms with Crippen molar-refractivity contribution in [3.8, 4) is 0 Å². The highest BCUT2D eigenvalue weighted by Gasteiger charge is 2.31. The summed E-state index contributed by atoms with van der Waals surface area (Å²) in [5.74, 6) is 0.800. The van der Waals surface area contributed by atoms with Crippen molar-refractivity contribution in [1.29, 1.82) is 0 Å². The zero-order valence-corrected chi connectivity index (χ0v) is 13.3. The molecule has 122 valence electrons. The van der Waals surface area contributed by atoms with Gasteiger partial charge in [-0.15, -0.1) is 0 Å². The highest BCUT2D eigenvalue weighted by atomic mass is 16.5. The van der Waals surface area contributed by atoms with Gasteiger partial charge >= 0.3 is 0 Å². The number of fused-ring (bicyclic) bond motifs is 1. The Hall–Kier alpha value is -2.73. The van der Waals surface area contributed by atoms with Crippen LogP contribution in [-0.2, 0) is 4.74 Å². The van der Waals surface area contributed by atoms with Crippen LogP contribution in [0.5, 0.6) is 0 Å². The summed E-state index contributed by atoms with van der Waals surface area (Å²) in [5.41, 5.74) is 0.692. The Balaban J connectivity index is 1.68. The van der Waals surface area contributed by atoms with E-state index in [4.69, 9.17) is 4.74 Å². The van der Waals surface area contributed by atoms with Crippen LogP contribution in [0.4, 0.5) is 5.82 Å². The second kappa shape index (κ2) is 6.05. The number of hydrogen-bond acceptors (Lipinski definition) is 5. The summed E-state index contributed by atoms with van der Waals surface area (Å²) in [6.45, 7) is 2.84. The zero-order valence-electron chi connectivity index (χ0n) is 13.3. The molecule has 2 unspecified atom stereocenters. The van der Waals surface area contributed by atoms with Gasteiger partial charge in [-0.2, -0.15) is 5.10 Å². The van der Waals surface area contributed by atoms with Crippen LogP contribution in [0.15, 0.2) is 53.5 Å². The Morgan fingerprint density at radius 1 is 1.17 bits per heavy atom. The number of nitrogens with zero attached hydrogens (tertiary/aromatic N) is 3. The van der Waals surface area contributed by atoms with Gasteiger partial charge in [0, 0.05) is 17.6 Å². The third-order valence-electron chi connectivity index (χ3n) is 4.32. The van der Waals surface area contributed by atoms with Crippen LogP contribution in [0, 0.1) is 6.92 Å². The van der Waals surface area contributed by atoms with Crippen molar-refractivity contribution in [2.24, 2.45) is 0 Å². The standard InChI is InChI=1S/C18H18N4O2/c1-12-6-7-17(23)22(21-12)16-11-24-10-15(16)20-18-14-5-3-2-4-13(14)8-9-19-18/h2-9,15-16H,10-11H2,1H3,(H,19,20). The van der Waals surface area contributed by atoms with Gasteiger partial charge in [0.1, 0.15) is 11.9 Å². The first-order valence-electron chi connectivity index (χ1n) is 7.97. The molecular formula is C18H18N4O2. The maximum atomic E-state index is 12.2. The van der Waals surface area contributed by atoms with E-state index in [9.17, 15) is 4.79 Å². The van der Waals surface area contributed by atoms with E-state index in [1.807, 2.05) is 31.2 Å². The lowest BCUT2D eigenvalue weighted by Gasteiger charge is -2.21. The molecular weight excluding hydrogens is 304 g/mol.